The molecule has 0 amide bonds. The summed E-state index contributed by atoms with van der Waals surface area (Å²) in [5.74, 6) is 0.354. The monoisotopic (exact) mass is 303 g/mol. The molecule has 0 fully saturated rings. The van der Waals surface area contributed by atoms with Crippen LogP contribution >= 0.6 is 15.9 Å². The number of aryl methyl sites for hydroxylation is 1. The zero-order chi connectivity index (χ0) is 12.7. The normalized spacial score (nSPS) is 10.6. The van der Waals surface area contributed by atoms with Crippen molar-refractivity contribution in [2.45, 2.75) is 26.2 Å². The van der Waals surface area contributed by atoms with Crippen LogP contribution in [0.4, 0.5) is 4.39 Å². The lowest BCUT2D eigenvalue weighted by Gasteiger charge is -2.10. The van der Waals surface area contributed by atoms with E-state index in [0.29, 0.717) is 10.2 Å². The van der Waals surface area contributed by atoms with E-state index >= 15 is 0 Å². The Labute approximate surface area is 111 Å². The molecule has 2 nitrogen and oxygen atoms in total. The van der Waals surface area contributed by atoms with Gasteiger partial charge in [-0.1, -0.05) is 6.92 Å². The van der Waals surface area contributed by atoms with Crippen LogP contribution in [0.5, 0.6) is 5.75 Å². The second-order valence-electron chi connectivity index (χ2n) is 3.89. The van der Waals surface area contributed by atoms with E-state index in [1.54, 1.807) is 13.2 Å². The highest BCUT2D eigenvalue weighted by Gasteiger charge is 2.08. The third-order valence-corrected chi connectivity index (χ3v) is 3.23. The highest BCUT2D eigenvalue weighted by molar-refractivity contribution is 9.10. The Morgan fingerprint density at radius 3 is 2.76 bits per heavy atom. The molecule has 96 valence electrons. The first-order valence-electron chi connectivity index (χ1n) is 5.91. The Balaban J connectivity index is 2.54. The van der Waals surface area contributed by atoms with Gasteiger partial charge in [0, 0.05) is 6.07 Å². The van der Waals surface area contributed by atoms with Crippen molar-refractivity contribution in [3.63, 3.8) is 0 Å². The number of ether oxygens (including phenoxy) is 1. The molecule has 0 bridgehead atoms. The predicted octanol–water partition coefficient (Wildman–Crippen LogP) is 3.53. The fourth-order valence-corrected chi connectivity index (χ4v) is 2.09. The fraction of sp³-hybridized carbons (Fsp3) is 0.538. The van der Waals surface area contributed by atoms with Gasteiger partial charge in [-0.15, -0.1) is 0 Å². The molecule has 0 saturated carbocycles. The lowest BCUT2D eigenvalue weighted by molar-refractivity contribution is 0.405. The summed E-state index contributed by atoms with van der Waals surface area (Å²) in [5, 5.41) is 3.28. The predicted molar refractivity (Wildman–Crippen MR) is 72.1 cm³/mol. The van der Waals surface area contributed by atoms with Gasteiger partial charge in [-0.3, -0.25) is 0 Å². The van der Waals surface area contributed by atoms with Crippen molar-refractivity contribution in [3.05, 3.63) is 28.0 Å². The molecule has 0 atom stereocenters. The summed E-state index contributed by atoms with van der Waals surface area (Å²) in [6.45, 7) is 4.13. The summed E-state index contributed by atoms with van der Waals surface area (Å²) in [5.41, 5.74) is 1.05. The number of hydrogen-bond donors (Lipinski definition) is 1. The maximum absolute atomic E-state index is 13.3. The van der Waals surface area contributed by atoms with Crippen LogP contribution in [0, 0.1) is 5.82 Å². The molecule has 0 aliphatic rings. The van der Waals surface area contributed by atoms with Gasteiger partial charge < -0.3 is 10.1 Å². The summed E-state index contributed by atoms with van der Waals surface area (Å²) < 4.78 is 19.0. The van der Waals surface area contributed by atoms with Crippen molar-refractivity contribution in [1.29, 1.82) is 0 Å². The van der Waals surface area contributed by atoms with E-state index in [1.807, 2.05) is 0 Å². The first-order valence-corrected chi connectivity index (χ1v) is 6.71. The smallest absolute Gasteiger partial charge is 0.141 e. The number of halogens is 2. The number of unbranched alkanes of at least 4 members (excludes halogenated alkanes) is 1. The minimum atomic E-state index is -0.279. The molecule has 17 heavy (non-hydrogen) atoms. The van der Waals surface area contributed by atoms with Gasteiger partial charge in [-0.25, -0.2) is 4.39 Å². The molecule has 1 aromatic carbocycles. The SMILES string of the molecule is CCNCCCCc1cc(Br)c(F)cc1OC. The Morgan fingerprint density at radius 1 is 1.35 bits per heavy atom. The molecule has 0 spiro atoms. The second-order valence-corrected chi connectivity index (χ2v) is 4.74. The van der Waals surface area contributed by atoms with Crippen LogP contribution in [0.1, 0.15) is 25.3 Å². The summed E-state index contributed by atoms with van der Waals surface area (Å²) in [6.07, 6.45) is 3.10. The zero-order valence-electron chi connectivity index (χ0n) is 10.4. The van der Waals surface area contributed by atoms with Gasteiger partial charge in [0.15, 0.2) is 0 Å². The number of hydrogen-bond acceptors (Lipinski definition) is 2. The lowest BCUT2D eigenvalue weighted by atomic mass is 10.1. The summed E-state index contributed by atoms with van der Waals surface area (Å²) in [7, 11) is 1.57. The van der Waals surface area contributed by atoms with Crippen molar-refractivity contribution in [1.82, 2.24) is 5.32 Å². The topological polar surface area (TPSA) is 21.3 Å². The molecule has 0 heterocycles. The minimum Gasteiger partial charge on any atom is -0.496 e. The molecule has 1 aromatic rings. The third kappa shape index (κ3) is 4.64. The summed E-state index contributed by atoms with van der Waals surface area (Å²) >= 11 is 3.20. The van der Waals surface area contributed by atoms with Gasteiger partial charge in [0.05, 0.1) is 11.6 Å². The van der Waals surface area contributed by atoms with Crippen LogP contribution in [-0.2, 0) is 6.42 Å². The lowest BCUT2D eigenvalue weighted by Crippen LogP contribution is -2.14. The van der Waals surface area contributed by atoms with E-state index in [0.717, 1.165) is 37.9 Å². The van der Waals surface area contributed by atoms with Crippen LogP contribution in [-0.4, -0.2) is 20.2 Å². The molecule has 1 rings (SSSR count). The van der Waals surface area contributed by atoms with Crippen molar-refractivity contribution in [3.8, 4) is 5.75 Å². The molecule has 1 N–H and O–H groups in total. The molecular weight excluding hydrogens is 285 g/mol. The highest BCUT2D eigenvalue weighted by atomic mass is 79.9. The highest BCUT2D eigenvalue weighted by Crippen LogP contribution is 2.27. The Hall–Kier alpha value is -0.610. The van der Waals surface area contributed by atoms with Crippen molar-refractivity contribution >= 4 is 15.9 Å². The average Bonchev–Trinajstić information content (AvgIpc) is 2.33. The van der Waals surface area contributed by atoms with Crippen LogP contribution in [0.2, 0.25) is 0 Å². The van der Waals surface area contributed by atoms with Crippen LogP contribution < -0.4 is 10.1 Å². The third-order valence-electron chi connectivity index (χ3n) is 2.62. The van der Waals surface area contributed by atoms with Crippen molar-refractivity contribution in [2.75, 3.05) is 20.2 Å². The Bertz CT molecular complexity index is 358. The van der Waals surface area contributed by atoms with E-state index in [-0.39, 0.29) is 5.82 Å². The van der Waals surface area contributed by atoms with Crippen molar-refractivity contribution in [2.24, 2.45) is 0 Å². The van der Waals surface area contributed by atoms with E-state index in [2.05, 4.69) is 28.2 Å². The van der Waals surface area contributed by atoms with Crippen LogP contribution in [0.15, 0.2) is 16.6 Å². The van der Waals surface area contributed by atoms with Gasteiger partial charge >= 0.3 is 0 Å². The number of methoxy groups -OCH3 is 1. The second kappa shape index (κ2) is 7.67. The first kappa shape index (κ1) is 14.5. The van der Waals surface area contributed by atoms with E-state index in [9.17, 15) is 4.39 Å². The van der Waals surface area contributed by atoms with Gasteiger partial charge in [-0.05, 0) is 59.9 Å². The van der Waals surface area contributed by atoms with E-state index < -0.39 is 0 Å². The van der Waals surface area contributed by atoms with E-state index in [1.165, 1.54) is 6.07 Å². The number of rotatable bonds is 7. The quantitative estimate of drug-likeness (QED) is 0.778. The minimum absolute atomic E-state index is 0.279. The Kier molecular flexibility index (Phi) is 6.52. The van der Waals surface area contributed by atoms with Gasteiger partial charge in [-0.2, -0.15) is 0 Å². The summed E-state index contributed by atoms with van der Waals surface area (Å²) in [4.78, 5) is 0. The first-order chi connectivity index (χ1) is 8.19. The van der Waals surface area contributed by atoms with Crippen LogP contribution in [0.3, 0.4) is 0 Å². The van der Waals surface area contributed by atoms with Crippen LogP contribution in [0.25, 0.3) is 0 Å². The molecule has 0 radical (unpaired) electrons. The maximum Gasteiger partial charge on any atom is 0.141 e. The van der Waals surface area contributed by atoms with E-state index in [4.69, 9.17) is 4.74 Å². The molecule has 0 unspecified atom stereocenters. The van der Waals surface area contributed by atoms with Gasteiger partial charge in [0.1, 0.15) is 11.6 Å². The largest absolute Gasteiger partial charge is 0.496 e. The fourth-order valence-electron chi connectivity index (χ4n) is 1.70. The number of benzene rings is 1. The molecule has 0 saturated heterocycles. The average molecular weight is 304 g/mol. The molecule has 4 heteroatoms. The zero-order valence-corrected chi connectivity index (χ0v) is 11.9. The van der Waals surface area contributed by atoms with Crippen molar-refractivity contribution < 1.29 is 9.13 Å². The maximum atomic E-state index is 13.3. The number of nitrogens with one attached hydrogen (secondary N) is 1. The van der Waals surface area contributed by atoms with Gasteiger partial charge in [0.25, 0.3) is 0 Å². The molecule has 0 aliphatic heterocycles. The van der Waals surface area contributed by atoms with Gasteiger partial charge in [0.2, 0.25) is 0 Å². The molecular formula is C13H19BrFNO. The summed E-state index contributed by atoms with van der Waals surface area (Å²) in [6, 6.07) is 3.24. The Morgan fingerprint density at radius 2 is 2.12 bits per heavy atom. The molecule has 0 aliphatic carbocycles. The molecule has 0 aromatic heterocycles. The standard InChI is InChI=1S/C13H19BrFNO/c1-3-16-7-5-4-6-10-8-11(14)12(15)9-13(10)17-2/h8-9,16H,3-7H2,1-2H3.